The summed E-state index contributed by atoms with van der Waals surface area (Å²) in [5, 5.41) is 22.9. The van der Waals surface area contributed by atoms with E-state index in [0.717, 1.165) is 22.3 Å². The van der Waals surface area contributed by atoms with Gasteiger partial charge in [0.2, 0.25) is 0 Å². The maximum atomic E-state index is 12.0. The van der Waals surface area contributed by atoms with Crippen LogP contribution in [-0.2, 0) is 5.60 Å². The van der Waals surface area contributed by atoms with Crippen LogP contribution >= 0.6 is 0 Å². The highest BCUT2D eigenvalue weighted by Crippen LogP contribution is 2.38. The highest BCUT2D eigenvalue weighted by Gasteiger charge is 2.33. The molecule has 0 amide bonds. The van der Waals surface area contributed by atoms with Crippen LogP contribution in [0.5, 0.6) is 0 Å². The second-order valence-electron chi connectivity index (χ2n) is 9.07. The Labute approximate surface area is 181 Å². The normalized spacial score (nSPS) is 13.8. The van der Waals surface area contributed by atoms with Gasteiger partial charge in [0.05, 0.1) is 14.2 Å². The van der Waals surface area contributed by atoms with E-state index >= 15 is 0 Å². The van der Waals surface area contributed by atoms with Crippen molar-refractivity contribution in [2.24, 2.45) is 0 Å². The lowest BCUT2D eigenvalue weighted by atomic mass is 9.80. The molecule has 1 atom stereocenters. The van der Waals surface area contributed by atoms with E-state index in [9.17, 15) is 10.2 Å². The van der Waals surface area contributed by atoms with Gasteiger partial charge in [0.15, 0.2) is 0 Å². The third-order valence-electron chi connectivity index (χ3n) is 5.26. The molecule has 0 spiro atoms. The van der Waals surface area contributed by atoms with Crippen LogP contribution in [-0.4, -0.2) is 18.3 Å². The van der Waals surface area contributed by atoms with Gasteiger partial charge in [0, 0.05) is 6.42 Å². The second kappa shape index (κ2) is 9.56. The standard InChI is InChI=1S/C27H32O2Si/c1-30(2,3)21-22(19-26(28)23-13-7-4-8-14-23)20-27(29,24-15-9-5-10-16-24)25-17-11-6-12-18-25/h4-18,21,26,28-29H,19-20H2,1-3H3/b22-21-. The maximum absolute atomic E-state index is 12.0. The van der Waals surface area contributed by atoms with Crippen molar-refractivity contribution in [3.05, 3.63) is 119 Å². The van der Waals surface area contributed by atoms with Gasteiger partial charge in [-0.2, -0.15) is 0 Å². The summed E-state index contributed by atoms with van der Waals surface area (Å²) in [5.74, 6) is 0. The molecule has 0 heterocycles. The largest absolute Gasteiger partial charge is 0.388 e. The van der Waals surface area contributed by atoms with E-state index in [0.29, 0.717) is 12.8 Å². The Morgan fingerprint density at radius 2 is 1.23 bits per heavy atom. The van der Waals surface area contributed by atoms with Crippen LogP contribution in [0.15, 0.2) is 102 Å². The molecule has 2 nitrogen and oxygen atoms in total. The molecule has 1 unspecified atom stereocenters. The van der Waals surface area contributed by atoms with E-state index in [4.69, 9.17) is 0 Å². The van der Waals surface area contributed by atoms with Crippen molar-refractivity contribution in [2.75, 3.05) is 0 Å². The van der Waals surface area contributed by atoms with Crippen LogP contribution in [0.1, 0.15) is 35.6 Å². The topological polar surface area (TPSA) is 40.5 Å². The number of benzene rings is 3. The molecule has 0 aliphatic carbocycles. The molecule has 0 fully saturated rings. The van der Waals surface area contributed by atoms with Crippen molar-refractivity contribution in [3.8, 4) is 0 Å². The third kappa shape index (κ3) is 5.79. The summed E-state index contributed by atoms with van der Waals surface area (Å²) in [6.45, 7) is 6.85. The lowest BCUT2D eigenvalue weighted by Crippen LogP contribution is -2.29. The molecule has 0 radical (unpaired) electrons. The van der Waals surface area contributed by atoms with Crippen LogP contribution in [0, 0.1) is 0 Å². The summed E-state index contributed by atoms with van der Waals surface area (Å²) < 4.78 is 0. The van der Waals surface area contributed by atoms with Crippen molar-refractivity contribution in [1.29, 1.82) is 0 Å². The van der Waals surface area contributed by atoms with E-state index in [2.05, 4.69) is 25.3 Å². The van der Waals surface area contributed by atoms with Gasteiger partial charge in [-0.1, -0.05) is 122 Å². The van der Waals surface area contributed by atoms with Crippen LogP contribution in [0.3, 0.4) is 0 Å². The maximum Gasteiger partial charge on any atom is 0.118 e. The minimum atomic E-state index is -1.57. The molecular weight excluding hydrogens is 384 g/mol. The van der Waals surface area contributed by atoms with Crippen molar-refractivity contribution in [2.45, 2.75) is 44.2 Å². The lowest BCUT2D eigenvalue weighted by Gasteiger charge is -2.32. The van der Waals surface area contributed by atoms with E-state index in [1.54, 1.807) is 0 Å². The molecule has 30 heavy (non-hydrogen) atoms. The number of aliphatic hydroxyl groups is 2. The molecular formula is C27H32O2Si. The summed E-state index contributed by atoms with van der Waals surface area (Å²) >= 11 is 0. The summed E-state index contributed by atoms with van der Waals surface area (Å²) in [6, 6.07) is 29.5. The highest BCUT2D eigenvalue weighted by atomic mass is 28.3. The van der Waals surface area contributed by atoms with Gasteiger partial charge in [-0.3, -0.25) is 0 Å². The van der Waals surface area contributed by atoms with Gasteiger partial charge in [-0.15, -0.1) is 0 Å². The predicted molar refractivity (Wildman–Crippen MR) is 128 cm³/mol. The predicted octanol–water partition coefficient (Wildman–Crippen LogP) is 6.24. The molecule has 3 rings (SSSR count). The summed E-state index contributed by atoms with van der Waals surface area (Å²) in [4.78, 5) is 0. The van der Waals surface area contributed by atoms with E-state index in [1.807, 2.05) is 91.0 Å². The quantitative estimate of drug-likeness (QED) is 0.427. The monoisotopic (exact) mass is 416 g/mol. The molecule has 0 aliphatic rings. The molecule has 0 aromatic heterocycles. The fourth-order valence-electron chi connectivity index (χ4n) is 3.96. The molecule has 0 aliphatic heterocycles. The van der Waals surface area contributed by atoms with Crippen LogP contribution < -0.4 is 0 Å². The Kier molecular flexibility index (Phi) is 7.09. The minimum Gasteiger partial charge on any atom is -0.388 e. The summed E-state index contributed by atoms with van der Waals surface area (Å²) in [7, 11) is -1.57. The van der Waals surface area contributed by atoms with Crippen LogP contribution in [0.4, 0.5) is 0 Å². The minimum absolute atomic E-state index is 0.454. The zero-order valence-corrected chi connectivity index (χ0v) is 19.1. The Balaban J connectivity index is 2.00. The first kappa shape index (κ1) is 22.2. The first-order valence-corrected chi connectivity index (χ1v) is 14.1. The average molecular weight is 417 g/mol. The van der Waals surface area contributed by atoms with Crippen molar-refractivity contribution >= 4 is 8.07 Å². The SMILES string of the molecule is C[Si](C)(C)/C=C(/CC(O)c1ccccc1)CC(O)(c1ccccc1)c1ccccc1. The van der Waals surface area contributed by atoms with Crippen molar-refractivity contribution in [1.82, 2.24) is 0 Å². The molecule has 0 saturated heterocycles. The van der Waals surface area contributed by atoms with E-state index in [1.165, 1.54) is 0 Å². The van der Waals surface area contributed by atoms with Gasteiger partial charge >= 0.3 is 0 Å². The van der Waals surface area contributed by atoms with Crippen molar-refractivity contribution in [3.63, 3.8) is 0 Å². The molecule has 3 aromatic carbocycles. The van der Waals surface area contributed by atoms with Crippen molar-refractivity contribution < 1.29 is 10.2 Å². The first-order valence-electron chi connectivity index (χ1n) is 10.5. The van der Waals surface area contributed by atoms with Gasteiger partial charge in [-0.05, 0) is 23.1 Å². The molecule has 3 aromatic rings. The van der Waals surface area contributed by atoms with Gasteiger partial charge < -0.3 is 10.2 Å². The highest BCUT2D eigenvalue weighted by molar-refractivity contribution is 6.81. The number of hydrogen-bond acceptors (Lipinski definition) is 2. The molecule has 0 bridgehead atoms. The van der Waals surface area contributed by atoms with Crippen LogP contribution in [0.25, 0.3) is 0 Å². The number of hydrogen-bond donors (Lipinski definition) is 2. The first-order chi connectivity index (χ1) is 14.3. The molecule has 2 N–H and O–H groups in total. The molecule has 0 saturated carbocycles. The van der Waals surface area contributed by atoms with E-state index in [-0.39, 0.29) is 0 Å². The Morgan fingerprint density at radius 3 is 1.67 bits per heavy atom. The van der Waals surface area contributed by atoms with Gasteiger partial charge in [0.25, 0.3) is 0 Å². The zero-order chi connectivity index (χ0) is 21.6. The Bertz CT molecular complexity index is 905. The van der Waals surface area contributed by atoms with Crippen LogP contribution in [0.2, 0.25) is 19.6 Å². The zero-order valence-electron chi connectivity index (χ0n) is 18.1. The molecule has 3 heteroatoms. The summed E-state index contributed by atoms with van der Waals surface area (Å²) in [5.41, 5.74) is 4.92. The third-order valence-corrected chi connectivity index (χ3v) is 6.54. The smallest absolute Gasteiger partial charge is 0.118 e. The van der Waals surface area contributed by atoms with Gasteiger partial charge in [0.1, 0.15) is 5.60 Å². The molecule has 156 valence electrons. The Hall–Kier alpha value is -2.46. The number of rotatable bonds is 8. The lowest BCUT2D eigenvalue weighted by molar-refractivity contribution is 0.0772. The fourth-order valence-corrected chi connectivity index (χ4v) is 5.41. The average Bonchev–Trinajstić information content (AvgIpc) is 2.74. The number of aliphatic hydroxyl groups excluding tert-OH is 1. The van der Waals surface area contributed by atoms with Gasteiger partial charge in [-0.25, -0.2) is 0 Å². The Morgan fingerprint density at radius 1 is 0.800 bits per heavy atom. The fraction of sp³-hybridized carbons (Fsp3) is 0.259. The summed E-state index contributed by atoms with van der Waals surface area (Å²) in [6.07, 6.45) is 0.371. The second-order valence-corrected chi connectivity index (χ2v) is 14.1. The van der Waals surface area contributed by atoms with E-state index < -0.39 is 19.8 Å².